The Balaban J connectivity index is 0.955. The number of aliphatic hydroxyl groups excluding tert-OH is 1. The molecule has 9 aromatic rings. The summed E-state index contributed by atoms with van der Waals surface area (Å²) in [5.41, 5.74) is 5.81. The summed E-state index contributed by atoms with van der Waals surface area (Å²) in [5, 5.41) is 12.0. The van der Waals surface area contributed by atoms with Gasteiger partial charge in [-0.2, -0.15) is 0 Å². The van der Waals surface area contributed by atoms with E-state index in [0.717, 1.165) is 33.4 Å². The molecular formula is C69H60O14. The lowest BCUT2D eigenvalue weighted by molar-refractivity contribution is -0.353. The van der Waals surface area contributed by atoms with E-state index in [9.17, 15) is 5.11 Å². The van der Waals surface area contributed by atoms with Crippen LogP contribution in [-0.4, -0.2) is 54.4 Å². The van der Waals surface area contributed by atoms with Crippen molar-refractivity contribution >= 4 is 11.9 Å². The Bertz CT molecular complexity index is 3370. The number of ether oxygens (including phenoxy) is 11. The van der Waals surface area contributed by atoms with Crippen molar-refractivity contribution in [3.63, 3.8) is 0 Å². The number of benzene rings is 9. The molecule has 0 radical (unpaired) electrons. The number of carbonyl (C=O) groups excluding carboxylic acids is 2. The molecule has 1 N–H and O–H groups in total. The largest absolute Gasteiger partial charge is 0.485 e. The van der Waals surface area contributed by atoms with E-state index in [-0.39, 0.29) is 91.9 Å². The molecule has 14 nitrogen and oxygen atoms in total. The average molecular weight is 1110 g/mol. The minimum absolute atomic E-state index is 0.0102. The number of hydrogen-bond donors (Lipinski definition) is 1. The van der Waals surface area contributed by atoms with Crippen molar-refractivity contribution < 1.29 is 66.8 Å². The minimum Gasteiger partial charge on any atom is -0.485 e. The predicted octanol–water partition coefficient (Wildman–Crippen LogP) is 12.7. The van der Waals surface area contributed by atoms with Crippen LogP contribution in [0.15, 0.2) is 237 Å². The van der Waals surface area contributed by atoms with Crippen LogP contribution in [0.3, 0.4) is 0 Å². The minimum atomic E-state index is -1.85. The molecule has 11 rings (SSSR count). The maximum absolute atomic E-state index is 15.2. The lowest BCUT2D eigenvalue weighted by atomic mass is 9.97. The van der Waals surface area contributed by atoms with Gasteiger partial charge in [0.2, 0.25) is 11.5 Å². The zero-order valence-corrected chi connectivity index (χ0v) is 45.2. The van der Waals surface area contributed by atoms with E-state index in [2.05, 4.69) is 0 Å². The Morgan fingerprint density at radius 3 is 1.02 bits per heavy atom. The maximum atomic E-state index is 15.2. The van der Waals surface area contributed by atoms with Gasteiger partial charge in [0.15, 0.2) is 47.8 Å². The first-order valence-corrected chi connectivity index (χ1v) is 27.3. The van der Waals surface area contributed by atoms with E-state index >= 15 is 9.59 Å². The smallest absolute Gasteiger partial charge is 0.339 e. The van der Waals surface area contributed by atoms with Gasteiger partial charge in [0.1, 0.15) is 51.8 Å². The summed E-state index contributed by atoms with van der Waals surface area (Å²) in [4.78, 5) is 30.2. The van der Waals surface area contributed by atoms with Gasteiger partial charge in [-0.3, -0.25) is 0 Å². The fraction of sp³-hybridized carbons (Fsp3) is 0.188. The second-order valence-electron chi connectivity index (χ2n) is 19.7. The molecule has 0 amide bonds. The molecule has 0 aliphatic carbocycles. The lowest BCUT2D eigenvalue weighted by Crippen LogP contribution is -2.63. The first kappa shape index (κ1) is 55.5. The molecule has 2 fully saturated rings. The Hall–Kier alpha value is -9.44. The van der Waals surface area contributed by atoms with E-state index < -0.39 is 48.9 Å². The molecule has 6 atom stereocenters. The van der Waals surface area contributed by atoms with E-state index in [1.165, 1.54) is 24.3 Å². The van der Waals surface area contributed by atoms with E-state index in [4.69, 9.17) is 52.1 Å². The van der Waals surface area contributed by atoms with Crippen LogP contribution in [0.1, 0.15) is 66.0 Å². The zero-order chi connectivity index (χ0) is 56.6. The summed E-state index contributed by atoms with van der Waals surface area (Å²) in [7, 11) is 0. The van der Waals surface area contributed by atoms with Crippen LogP contribution < -0.4 is 28.4 Å². The summed E-state index contributed by atoms with van der Waals surface area (Å²) in [6.07, 6.45) is -8.14. The SMILES string of the molecule is O=C(O[C@H]1[C@@H]2O[C@H](c3ccccc3)OC[C@H]2OC(O)[C@@H]1OC(=O)c1cc(OCc2ccccc2)c(OCc2ccccc2)c(OCc2ccccc2)c1)c1cc(OCc2ccccc2)c(OCc2ccccc2)c(OCc2ccccc2)c1. The van der Waals surface area contributed by atoms with Gasteiger partial charge in [0, 0.05) is 5.56 Å². The third-order valence-electron chi connectivity index (χ3n) is 13.8. The maximum Gasteiger partial charge on any atom is 0.339 e. The van der Waals surface area contributed by atoms with E-state index in [0.29, 0.717) is 5.56 Å². The van der Waals surface area contributed by atoms with Crippen molar-refractivity contribution in [3.05, 3.63) is 287 Å². The Kier molecular flexibility index (Phi) is 18.3. The molecule has 83 heavy (non-hydrogen) atoms. The molecule has 14 heteroatoms. The van der Waals surface area contributed by atoms with Crippen LogP contribution in [0, 0.1) is 0 Å². The second kappa shape index (κ2) is 27.3. The van der Waals surface area contributed by atoms with Gasteiger partial charge in [-0.1, -0.05) is 212 Å². The van der Waals surface area contributed by atoms with Crippen LogP contribution in [0.4, 0.5) is 0 Å². The molecule has 1 unspecified atom stereocenters. The van der Waals surface area contributed by atoms with Crippen LogP contribution in [-0.2, 0) is 63.3 Å². The average Bonchev–Trinajstić information content (AvgIpc) is 3.72. The summed E-state index contributed by atoms with van der Waals surface area (Å²) in [6, 6.07) is 72.7. The van der Waals surface area contributed by atoms with Gasteiger partial charge in [0.25, 0.3) is 0 Å². The molecule has 0 saturated carbocycles. The van der Waals surface area contributed by atoms with Crippen molar-refractivity contribution in [1.82, 2.24) is 0 Å². The van der Waals surface area contributed by atoms with Crippen LogP contribution in [0.5, 0.6) is 34.5 Å². The lowest BCUT2D eigenvalue weighted by Gasteiger charge is -2.47. The van der Waals surface area contributed by atoms with Crippen molar-refractivity contribution in [2.75, 3.05) is 6.61 Å². The van der Waals surface area contributed by atoms with Crippen LogP contribution in [0.25, 0.3) is 0 Å². The predicted molar refractivity (Wildman–Crippen MR) is 307 cm³/mol. The number of hydrogen-bond acceptors (Lipinski definition) is 14. The molecule has 2 aliphatic rings. The van der Waals surface area contributed by atoms with Gasteiger partial charge in [-0.05, 0) is 57.6 Å². The number of carbonyl (C=O) groups is 2. The molecule has 2 saturated heterocycles. The highest BCUT2D eigenvalue weighted by Gasteiger charge is 2.54. The molecule has 2 heterocycles. The van der Waals surface area contributed by atoms with Crippen molar-refractivity contribution in [2.24, 2.45) is 0 Å². The van der Waals surface area contributed by atoms with Gasteiger partial charge < -0.3 is 57.2 Å². The molecule has 9 aromatic carbocycles. The van der Waals surface area contributed by atoms with Gasteiger partial charge in [-0.25, -0.2) is 9.59 Å². The molecule has 420 valence electrons. The monoisotopic (exact) mass is 1110 g/mol. The van der Waals surface area contributed by atoms with Crippen LogP contribution >= 0.6 is 0 Å². The van der Waals surface area contributed by atoms with Crippen LogP contribution in [0.2, 0.25) is 0 Å². The number of fused-ring (bicyclic) bond motifs is 1. The number of aliphatic hydroxyl groups is 1. The third-order valence-corrected chi connectivity index (χ3v) is 13.8. The topological polar surface area (TPSA) is 156 Å². The number of esters is 2. The first-order valence-electron chi connectivity index (χ1n) is 27.3. The Morgan fingerprint density at radius 2 is 0.687 bits per heavy atom. The molecule has 0 aromatic heterocycles. The summed E-state index contributed by atoms with van der Waals surface area (Å²) in [6.45, 7) is 0.655. The van der Waals surface area contributed by atoms with Gasteiger partial charge >= 0.3 is 11.9 Å². The van der Waals surface area contributed by atoms with Crippen molar-refractivity contribution in [3.8, 4) is 34.5 Å². The van der Waals surface area contributed by atoms with Crippen molar-refractivity contribution in [1.29, 1.82) is 0 Å². The highest BCUT2D eigenvalue weighted by molar-refractivity contribution is 5.92. The highest BCUT2D eigenvalue weighted by Crippen LogP contribution is 2.44. The fourth-order valence-electron chi connectivity index (χ4n) is 9.49. The third kappa shape index (κ3) is 14.6. The Morgan fingerprint density at radius 1 is 0.386 bits per heavy atom. The zero-order valence-electron chi connectivity index (χ0n) is 45.2. The van der Waals surface area contributed by atoms with E-state index in [1.807, 2.05) is 212 Å². The van der Waals surface area contributed by atoms with Crippen molar-refractivity contribution in [2.45, 2.75) is 76.6 Å². The molecule has 0 spiro atoms. The summed E-state index contributed by atoms with van der Waals surface area (Å²) < 4.78 is 70.7. The fourth-order valence-corrected chi connectivity index (χ4v) is 9.49. The highest BCUT2D eigenvalue weighted by atomic mass is 16.7. The molecule has 2 aliphatic heterocycles. The molecular weight excluding hydrogens is 1050 g/mol. The molecule has 0 bridgehead atoms. The first-order chi connectivity index (χ1) is 40.9. The quantitative estimate of drug-likeness (QED) is 0.0604. The normalized spacial score (nSPS) is 18.1. The van der Waals surface area contributed by atoms with Gasteiger partial charge in [0.05, 0.1) is 17.7 Å². The van der Waals surface area contributed by atoms with Gasteiger partial charge in [-0.15, -0.1) is 0 Å². The second-order valence-corrected chi connectivity index (χ2v) is 19.7. The number of rotatable bonds is 23. The summed E-state index contributed by atoms with van der Waals surface area (Å²) >= 11 is 0. The standard InChI is InChI=1S/C69H60O14/c70-66(54-36-56(73-40-47-22-8-1-9-23-47)61(77-44-51-30-16-5-17-31-51)57(37-54)74-41-48-24-10-2-11-25-48)81-64-63-60(46-79-69(83-63)53-34-20-7-21-35-53)80-68(72)65(64)82-67(71)55-38-58(75-42-49-26-12-3-13-27-49)62(78-45-52-32-18-6-19-33-52)59(39-55)76-43-50-28-14-4-15-29-50/h1-39,60,63-65,68-69,72H,40-46H2/t60-,63-,64+,65-,68?,69-/m1/s1. The summed E-state index contributed by atoms with van der Waals surface area (Å²) in [5.74, 6) is -0.618. The van der Waals surface area contributed by atoms with E-state index in [1.54, 1.807) is 0 Å². The Labute approximate surface area is 481 Å².